The molecule has 0 amide bonds. The first-order chi connectivity index (χ1) is 9.24. The van der Waals surface area contributed by atoms with E-state index in [1.807, 2.05) is 0 Å². The van der Waals surface area contributed by atoms with Crippen LogP contribution in [0, 0.1) is 5.92 Å². The van der Waals surface area contributed by atoms with Gasteiger partial charge in [-0.1, -0.05) is 25.1 Å². The summed E-state index contributed by atoms with van der Waals surface area (Å²) in [5.74, 6) is 2.32. The van der Waals surface area contributed by atoms with E-state index in [0.29, 0.717) is 17.9 Å². The van der Waals surface area contributed by atoms with Gasteiger partial charge < -0.3 is 15.4 Å². The minimum Gasteiger partial charge on any atom is -0.493 e. The quantitative estimate of drug-likeness (QED) is 0.886. The van der Waals surface area contributed by atoms with Gasteiger partial charge in [-0.25, -0.2) is 0 Å². The Hall–Kier alpha value is -1.06. The van der Waals surface area contributed by atoms with Crippen molar-refractivity contribution in [2.45, 2.75) is 31.7 Å². The van der Waals surface area contributed by atoms with Crippen LogP contribution in [0.3, 0.4) is 0 Å². The molecule has 3 unspecified atom stereocenters. The van der Waals surface area contributed by atoms with Gasteiger partial charge in [0.05, 0.1) is 6.61 Å². The molecule has 0 bridgehead atoms. The Labute approximate surface area is 115 Å². The second-order valence-electron chi connectivity index (χ2n) is 6.06. The maximum atomic E-state index is 6.10. The standard InChI is InChI=1S/C16H24N2O/c1-12-10-18(8-6-15(12)17)11-13-7-9-19-16-5-3-2-4-14(13)16/h2-5,12-13,15H,6-11,17H2,1H3. The molecular formula is C16H24N2O. The second kappa shape index (κ2) is 5.51. The number of nitrogens with zero attached hydrogens (tertiary/aromatic N) is 1. The van der Waals surface area contributed by atoms with E-state index in [1.165, 1.54) is 5.56 Å². The number of nitrogens with two attached hydrogens (primary N) is 1. The molecule has 0 spiro atoms. The molecule has 1 aromatic carbocycles. The molecule has 1 aromatic rings. The first-order valence-electron chi connectivity index (χ1n) is 7.43. The first-order valence-corrected chi connectivity index (χ1v) is 7.43. The number of rotatable bonds is 2. The number of benzene rings is 1. The fraction of sp³-hybridized carbons (Fsp3) is 0.625. The summed E-state index contributed by atoms with van der Waals surface area (Å²) in [5, 5.41) is 0. The van der Waals surface area contributed by atoms with E-state index < -0.39 is 0 Å². The van der Waals surface area contributed by atoms with Crippen LogP contribution in [0.4, 0.5) is 0 Å². The molecular weight excluding hydrogens is 236 g/mol. The Morgan fingerprint density at radius 1 is 1.32 bits per heavy atom. The molecule has 3 atom stereocenters. The largest absolute Gasteiger partial charge is 0.493 e. The molecule has 1 saturated heterocycles. The average molecular weight is 260 g/mol. The van der Waals surface area contributed by atoms with Gasteiger partial charge in [0.25, 0.3) is 0 Å². The lowest BCUT2D eigenvalue weighted by Crippen LogP contribution is -2.47. The van der Waals surface area contributed by atoms with Crippen molar-refractivity contribution in [1.29, 1.82) is 0 Å². The van der Waals surface area contributed by atoms with Gasteiger partial charge in [-0.05, 0) is 36.9 Å². The summed E-state index contributed by atoms with van der Waals surface area (Å²) in [6.07, 6.45) is 2.26. The van der Waals surface area contributed by atoms with Gasteiger partial charge in [-0.2, -0.15) is 0 Å². The van der Waals surface area contributed by atoms with E-state index in [0.717, 1.165) is 44.8 Å². The number of piperidine rings is 1. The van der Waals surface area contributed by atoms with Crippen molar-refractivity contribution in [2.24, 2.45) is 11.7 Å². The Kier molecular flexibility index (Phi) is 3.76. The van der Waals surface area contributed by atoms with E-state index in [4.69, 9.17) is 10.5 Å². The molecule has 1 fully saturated rings. The molecule has 2 aliphatic rings. The molecule has 2 heterocycles. The van der Waals surface area contributed by atoms with Gasteiger partial charge in [0.15, 0.2) is 0 Å². The lowest BCUT2D eigenvalue weighted by Gasteiger charge is -2.38. The number of likely N-dealkylation sites (tertiary alicyclic amines) is 1. The van der Waals surface area contributed by atoms with E-state index in [9.17, 15) is 0 Å². The van der Waals surface area contributed by atoms with E-state index in [1.54, 1.807) is 0 Å². The average Bonchev–Trinajstić information content (AvgIpc) is 2.43. The summed E-state index contributed by atoms with van der Waals surface area (Å²) in [7, 11) is 0. The highest BCUT2D eigenvalue weighted by atomic mass is 16.5. The van der Waals surface area contributed by atoms with Crippen LogP contribution in [0.1, 0.15) is 31.2 Å². The third kappa shape index (κ3) is 2.77. The summed E-state index contributed by atoms with van der Waals surface area (Å²) in [6, 6.07) is 8.88. The summed E-state index contributed by atoms with van der Waals surface area (Å²) < 4.78 is 5.74. The number of hydrogen-bond acceptors (Lipinski definition) is 3. The second-order valence-corrected chi connectivity index (χ2v) is 6.06. The predicted octanol–water partition coefficient (Wildman–Crippen LogP) is 2.22. The first kappa shape index (κ1) is 12.9. The molecule has 104 valence electrons. The monoisotopic (exact) mass is 260 g/mol. The van der Waals surface area contributed by atoms with Crippen molar-refractivity contribution in [3.63, 3.8) is 0 Å². The number of fused-ring (bicyclic) bond motifs is 1. The van der Waals surface area contributed by atoms with Gasteiger partial charge >= 0.3 is 0 Å². The van der Waals surface area contributed by atoms with Gasteiger partial charge in [0.2, 0.25) is 0 Å². The lowest BCUT2D eigenvalue weighted by molar-refractivity contribution is 0.144. The summed E-state index contributed by atoms with van der Waals surface area (Å²) in [5.41, 5.74) is 7.49. The van der Waals surface area contributed by atoms with Crippen LogP contribution < -0.4 is 10.5 Å². The molecule has 2 aliphatic heterocycles. The number of para-hydroxylation sites is 1. The van der Waals surface area contributed by atoms with E-state index in [-0.39, 0.29) is 0 Å². The molecule has 3 heteroatoms. The highest BCUT2D eigenvalue weighted by Crippen LogP contribution is 2.34. The summed E-state index contributed by atoms with van der Waals surface area (Å²) in [4.78, 5) is 2.58. The Morgan fingerprint density at radius 2 is 2.16 bits per heavy atom. The van der Waals surface area contributed by atoms with Crippen molar-refractivity contribution in [2.75, 3.05) is 26.2 Å². The number of hydrogen-bond donors (Lipinski definition) is 1. The van der Waals surface area contributed by atoms with Crippen LogP contribution in [-0.2, 0) is 0 Å². The van der Waals surface area contributed by atoms with Crippen molar-refractivity contribution in [3.8, 4) is 5.75 Å². The zero-order valence-corrected chi connectivity index (χ0v) is 11.7. The SMILES string of the molecule is CC1CN(CC2CCOc3ccccc32)CCC1N. The molecule has 19 heavy (non-hydrogen) atoms. The lowest BCUT2D eigenvalue weighted by atomic mass is 9.90. The van der Waals surface area contributed by atoms with Crippen LogP contribution >= 0.6 is 0 Å². The van der Waals surface area contributed by atoms with Crippen LogP contribution in [0.5, 0.6) is 5.75 Å². The molecule has 2 N–H and O–H groups in total. The third-order valence-corrected chi connectivity index (χ3v) is 4.62. The fourth-order valence-corrected chi connectivity index (χ4v) is 3.33. The van der Waals surface area contributed by atoms with Gasteiger partial charge in [0, 0.05) is 25.0 Å². The molecule has 0 saturated carbocycles. The van der Waals surface area contributed by atoms with Crippen LogP contribution in [0.25, 0.3) is 0 Å². The number of ether oxygens (including phenoxy) is 1. The highest BCUT2D eigenvalue weighted by Gasteiger charge is 2.27. The maximum Gasteiger partial charge on any atom is 0.122 e. The van der Waals surface area contributed by atoms with Crippen molar-refractivity contribution in [3.05, 3.63) is 29.8 Å². The molecule has 0 radical (unpaired) electrons. The summed E-state index contributed by atoms with van der Waals surface area (Å²) in [6.45, 7) is 6.56. The molecule has 3 nitrogen and oxygen atoms in total. The maximum absolute atomic E-state index is 6.10. The van der Waals surface area contributed by atoms with Crippen molar-refractivity contribution in [1.82, 2.24) is 4.90 Å². The molecule has 0 aliphatic carbocycles. The van der Waals surface area contributed by atoms with Crippen LogP contribution in [0.15, 0.2) is 24.3 Å². The smallest absolute Gasteiger partial charge is 0.122 e. The van der Waals surface area contributed by atoms with Gasteiger partial charge in [-0.15, -0.1) is 0 Å². The fourth-order valence-electron chi connectivity index (χ4n) is 3.33. The minimum atomic E-state index is 0.387. The zero-order valence-electron chi connectivity index (χ0n) is 11.7. The minimum absolute atomic E-state index is 0.387. The predicted molar refractivity (Wildman–Crippen MR) is 77.5 cm³/mol. The normalized spacial score (nSPS) is 31.6. The molecule has 3 rings (SSSR count). The molecule has 0 aromatic heterocycles. The third-order valence-electron chi connectivity index (χ3n) is 4.62. The van der Waals surface area contributed by atoms with Crippen LogP contribution in [-0.4, -0.2) is 37.2 Å². The Balaban J connectivity index is 1.68. The topological polar surface area (TPSA) is 38.5 Å². The Bertz CT molecular complexity index is 435. The van der Waals surface area contributed by atoms with Gasteiger partial charge in [-0.3, -0.25) is 0 Å². The van der Waals surface area contributed by atoms with E-state index in [2.05, 4.69) is 36.1 Å². The summed E-state index contributed by atoms with van der Waals surface area (Å²) >= 11 is 0. The van der Waals surface area contributed by atoms with Gasteiger partial charge in [0.1, 0.15) is 5.75 Å². The zero-order chi connectivity index (χ0) is 13.2. The van der Waals surface area contributed by atoms with Crippen LogP contribution in [0.2, 0.25) is 0 Å². The van der Waals surface area contributed by atoms with Crippen molar-refractivity contribution < 1.29 is 4.74 Å². The van der Waals surface area contributed by atoms with E-state index >= 15 is 0 Å². The Morgan fingerprint density at radius 3 is 3.00 bits per heavy atom. The highest BCUT2D eigenvalue weighted by molar-refractivity contribution is 5.37. The van der Waals surface area contributed by atoms with Crippen molar-refractivity contribution >= 4 is 0 Å².